The van der Waals surface area contributed by atoms with Gasteiger partial charge in [-0.2, -0.15) is 10.2 Å². The largest absolute Gasteiger partial charge is 0.288 e. The quantitative estimate of drug-likeness (QED) is 0.336. The fourth-order valence-corrected chi connectivity index (χ4v) is 5.35. The topological polar surface area (TPSA) is 51.0 Å². The predicted octanol–water partition coefficient (Wildman–Crippen LogP) is 12.0. The Labute approximate surface area is 276 Å². The molecule has 1 atom stereocenters. The van der Waals surface area contributed by atoms with Gasteiger partial charge in [0.1, 0.15) is 5.83 Å². The molecule has 0 aromatic carbocycles. The first kappa shape index (κ1) is 40.3. The molecule has 252 valence electrons. The van der Waals surface area contributed by atoms with Gasteiger partial charge in [0.25, 0.3) is 0 Å². The summed E-state index contributed by atoms with van der Waals surface area (Å²) in [5, 5.41) is 7.68. The molecule has 2 aromatic rings. The Morgan fingerprint density at radius 1 is 0.933 bits per heavy atom. The maximum atomic E-state index is 12.9. The van der Waals surface area contributed by atoms with Gasteiger partial charge in [-0.25, -0.2) is 4.39 Å². The lowest BCUT2D eigenvalue weighted by Crippen LogP contribution is -2.30. The minimum atomic E-state index is -0.307. The first-order chi connectivity index (χ1) is 20.5. The van der Waals surface area contributed by atoms with Crippen LogP contribution in [-0.4, -0.2) is 27.9 Å². The number of hydrogen-bond acceptors (Lipinski definition) is 4. The molecular formula is C40H65FN4. The highest BCUT2D eigenvalue weighted by atomic mass is 19.1. The Balaban J connectivity index is 0.000000308. The molecule has 1 unspecified atom stereocenters. The van der Waals surface area contributed by atoms with Crippen LogP contribution in [0.2, 0.25) is 0 Å². The number of nitrogens with zero attached hydrogens (tertiary/aromatic N) is 4. The standard InChI is InChI=1S/C13H16N2.C12H24.C8H15F.C7H10N2/c1-13(2,3)12-6-4-5-11(15-12)10-7-8-14-9-10;1-11(2,3)10-7-6-8-12(4,5)9-10;1-6(2)7(9)8(3,4)5;1-6(2)7-4-3-5-8-9-7/h4-7,9H,8H2,1-3H3;10H,6-9H2,1-5H3;1-5H3;3-6H,1-2H3. The van der Waals surface area contributed by atoms with Crippen LogP contribution in [0.15, 0.2) is 59.0 Å². The first-order valence-corrected chi connectivity index (χ1v) is 16.8. The molecule has 0 saturated heterocycles. The Kier molecular flexibility index (Phi) is 15.5. The molecule has 4 nitrogen and oxygen atoms in total. The van der Waals surface area contributed by atoms with Crippen molar-refractivity contribution in [1.82, 2.24) is 15.2 Å². The zero-order valence-electron chi connectivity index (χ0n) is 31.5. The second-order valence-electron chi connectivity index (χ2n) is 17.0. The molecule has 45 heavy (non-hydrogen) atoms. The van der Waals surface area contributed by atoms with Crippen molar-refractivity contribution in [1.29, 1.82) is 0 Å². The van der Waals surface area contributed by atoms with E-state index in [1.807, 2.05) is 45.2 Å². The molecule has 1 saturated carbocycles. The summed E-state index contributed by atoms with van der Waals surface area (Å²) in [5.74, 6) is 1.43. The molecule has 0 bridgehead atoms. The Hall–Kier alpha value is -2.69. The molecule has 2 aliphatic rings. The van der Waals surface area contributed by atoms with E-state index in [1.165, 1.54) is 25.7 Å². The van der Waals surface area contributed by atoms with E-state index in [2.05, 4.69) is 108 Å². The summed E-state index contributed by atoms with van der Waals surface area (Å²) in [6.07, 6.45) is 11.4. The van der Waals surface area contributed by atoms with Gasteiger partial charge in [-0.1, -0.05) is 109 Å². The highest BCUT2D eigenvalue weighted by Gasteiger charge is 2.34. The summed E-state index contributed by atoms with van der Waals surface area (Å²) in [5.41, 5.74) is 6.06. The molecule has 0 spiro atoms. The SMILES string of the molecule is CC(C)(C)c1cccc(C2=CCN=C2)n1.CC(C)=C(F)C(C)(C)C.CC(C)c1cccnn1.CC1(C)CCCC(C(C)(C)C)C1. The van der Waals surface area contributed by atoms with E-state index in [1.54, 1.807) is 20.0 Å². The molecule has 0 amide bonds. The maximum absolute atomic E-state index is 12.9. The monoisotopic (exact) mass is 621 g/mol. The highest BCUT2D eigenvalue weighted by Crippen LogP contribution is 2.45. The Bertz CT molecular complexity index is 1240. The molecule has 1 fully saturated rings. The molecule has 5 heteroatoms. The van der Waals surface area contributed by atoms with E-state index in [9.17, 15) is 4.39 Å². The van der Waals surface area contributed by atoms with Gasteiger partial charge in [0.15, 0.2) is 0 Å². The van der Waals surface area contributed by atoms with Gasteiger partial charge in [-0.15, -0.1) is 0 Å². The third-order valence-electron chi connectivity index (χ3n) is 8.17. The Morgan fingerprint density at radius 3 is 1.93 bits per heavy atom. The summed E-state index contributed by atoms with van der Waals surface area (Å²) in [6, 6.07) is 10.1. The van der Waals surface area contributed by atoms with Crippen LogP contribution in [0.4, 0.5) is 4.39 Å². The Morgan fingerprint density at radius 2 is 1.58 bits per heavy atom. The molecule has 2 aromatic heterocycles. The summed E-state index contributed by atoms with van der Waals surface area (Å²) in [6.45, 7) is 32.7. The summed E-state index contributed by atoms with van der Waals surface area (Å²) in [7, 11) is 0. The summed E-state index contributed by atoms with van der Waals surface area (Å²) in [4.78, 5) is 8.84. The molecule has 0 N–H and O–H groups in total. The van der Waals surface area contributed by atoms with Crippen molar-refractivity contribution in [3.05, 3.63) is 71.1 Å². The van der Waals surface area contributed by atoms with Crippen LogP contribution in [-0.2, 0) is 5.41 Å². The highest BCUT2D eigenvalue weighted by molar-refractivity contribution is 6.10. The number of rotatable bonds is 2. The second kappa shape index (κ2) is 17.3. The van der Waals surface area contributed by atoms with Crippen molar-refractivity contribution < 1.29 is 4.39 Å². The number of aliphatic imine (C=N–C) groups is 1. The third kappa shape index (κ3) is 15.4. The van der Waals surface area contributed by atoms with Gasteiger partial charge in [-0.3, -0.25) is 9.98 Å². The third-order valence-corrected chi connectivity index (χ3v) is 8.17. The number of pyridine rings is 1. The molecule has 3 heterocycles. The van der Waals surface area contributed by atoms with E-state index in [0.717, 1.165) is 40.7 Å². The minimum Gasteiger partial charge on any atom is -0.288 e. The van der Waals surface area contributed by atoms with Crippen LogP contribution in [0, 0.1) is 22.2 Å². The number of hydrogen-bond donors (Lipinski definition) is 0. The van der Waals surface area contributed by atoms with E-state index in [4.69, 9.17) is 0 Å². The van der Waals surface area contributed by atoms with Crippen LogP contribution in [0.3, 0.4) is 0 Å². The van der Waals surface area contributed by atoms with E-state index >= 15 is 0 Å². The molecule has 0 radical (unpaired) electrons. The number of allylic oxidation sites excluding steroid dienone is 3. The van der Waals surface area contributed by atoms with Gasteiger partial charge >= 0.3 is 0 Å². The summed E-state index contributed by atoms with van der Waals surface area (Å²) >= 11 is 0. The molecule has 4 rings (SSSR count). The summed E-state index contributed by atoms with van der Waals surface area (Å²) < 4.78 is 12.9. The van der Waals surface area contributed by atoms with Gasteiger partial charge in [0.05, 0.1) is 17.9 Å². The van der Waals surface area contributed by atoms with Crippen molar-refractivity contribution in [2.45, 2.75) is 141 Å². The minimum absolute atomic E-state index is 0.00231. The number of halogens is 1. The molecular weight excluding hydrogens is 555 g/mol. The van der Waals surface area contributed by atoms with Crippen LogP contribution in [0.25, 0.3) is 5.57 Å². The molecule has 1 aliphatic heterocycles. The lowest BCUT2D eigenvalue weighted by Gasteiger charge is -2.41. The van der Waals surface area contributed by atoms with Crippen molar-refractivity contribution in [3.8, 4) is 0 Å². The zero-order valence-corrected chi connectivity index (χ0v) is 31.5. The smallest absolute Gasteiger partial charge is 0.104 e. The zero-order chi connectivity index (χ0) is 34.6. The van der Waals surface area contributed by atoms with Gasteiger partial charge in [0.2, 0.25) is 0 Å². The average Bonchev–Trinajstić information content (AvgIpc) is 3.48. The van der Waals surface area contributed by atoms with Gasteiger partial charge in [0, 0.05) is 34.5 Å². The maximum Gasteiger partial charge on any atom is 0.104 e. The van der Waals surface area contributed by atoms with Crippen LogP contribution < -0.4 is 0 Å². The first-order valence-electron chi connectivity index (χ1n) is 16.8. The lowest BCUT2D eigenvalue weighted by atomic mass is 9.64. The van der Waals surface area contributed by atoms with Crippen LogP contribution in [0.1, 0.15) is 153 Å². The van der Waals surface area contributed by atoms with Crippen molar-refractivity contribution in [2.24, 2.45) is 27.2 Å². The van der Waals surface area contributed by atoms with Crippen LogP contribution in [0.5, 0.6) is 0 Å². The lowest BCUT2D eigenvalue weighted by molar-refractivity contribution is 0.0959. The second-order valence-corrected chi connectivity index (χ2v) is 17.0. The van der Waals surface area contributed by atoms with E-state index in [-0.39, 0.29) is 16.7 Å². The predicted molar refractivity (Wildman–Crippen MR) is 195 cm³/mol. The van der Waals surface area contributed by atoms with Crippen molar-refractivity contribution in [2.75, 3.05) is 6.54 Å². The average molecular weight is 621 g/mol. The fourth-order valence-electron chi connectivity index (χ4n) is 5.35. The van der Waals surface area contributed by atoms with Crippen molar-refractivity contribution >= 4 is 11.8 Å². The molecule has 1 aliphatic carbocycles. The van der Waals surface area contributed by atoms with E-state index < -0.39 is 0 Å². The van der Waals surface area contributed by atoms with Gasteiger partial charge in [-0.05, 0) is 85.6 Å². The van der Waals surface area contributed by atoms with Crippen molar-refractivity contribution in [3.63, 3.8) is 0 Å². The van der Waals surface area contributed by atoms with E-state index in [0.29, 0.717) is 16.7 Å². The normalized spacial score (nSPS) is 17.5. The fraction of sp³-hybridized carbons (Fsp3) is 0.650. The van der Waals surface area contributed by atoms with Gasteiger partial charge < -0.3 is 0 Å². The number of aromatic nitrogens is 3. The van der Waals surface area contributed by atoms with Crippen LogP contribution >= 0.6 is 0 Å².